The second-order valence-electron chi connectivity index (χ2n) is 4.87. The highest BCUT2D eigenvalue weighted by molar-refractivity contribution is 5.80. The second kappa shape index (κ2) is 4.39. The topological polar surface area (TPSA) is 56.7 Å². The van der Waals surface area contributed by atoms with Crippen molar-refractivity contribution in [1.82, 2.24) is 14.5 Å². The number of aromatic nitrogens is 3. The van der Waals surface area contributed by atoms with Crippen molar-refractivity contribution in [3.8, 4) is 5.82 Å². The molecule has 0 spiro atoms. The summed E-state index contributed by atoms with van der Waals surface area (Å²) in [6.45, 7) is 4.30. The van der Waals surface area contributed by atoms with Crippen LogP contribution in [0.15, 0.2) is 42.6 Å². The third kappa shape index (κ3) is 1.85. The molecule has 2 aromatic heterocycles. The number of nitrogen functional groups attached to an aromatic ring is 1. The predicted octanol–water partition coefficient (Wildman–Crippen LogP) is 3.13. The molecule has 0 saturated heterocycles. The Morgan fingerprint density at radius 3 is 2.68 bits per heavy atom. The maximum absolute atomic E-state index is 6.07. The molecule has 0 bridgehead atoms. The lowest BCUT2D eigenvalue weighted by Gasteiger charge is -2.13. The average Bonchev–Trinajstić information content (AvgIpc) is 2.74. The number of anilines is 1. The van der Waals surface area contributed by atoms with E-state index in [-0.39, 0.29) is 0 Å². The van der Waals surface area contributed by atoms with E-state index in [1.807, 2.05) is 34.9 Å². The third-order valence-corrected chi connectivity index (χ3v) is 3.24. The van der Waals surface area contributed by atoms with Gasteiger partial charge in [-0.05, 0) is 29.7 Å². The first kappa shape index (κ1) is 11.7. The Hall–Kier alpha value is -2.36. The summed E-state index contributed by atoms with van der Waals surface area (Å²) in [5, 5.41) is 0. The van der Waals surface area contributed by atoms with Gasteiger partial charge >= 0.3 is 0 Å². The molecule has 3 rings (SSSR count). The maximum atomic E-state index is 6.07. The minimum absolute atomic E-state index is 0.379. The molecular weight excluding hydrogens is 236 g/mol. The highest BCUT2D eigenvalue weighted by Crippen LogP contribution is 2.27. The molecule has 19 heavy (non-hydrogen) atoms. The van der Waals surface area contributed by atoms with Crippen molar-refractivity contribution in [3.05, 3.63) is 48.2 Å². The zero-order valence-corrected chi connectivity index (χ0v) is 11.0. The smallest absolute Gasteiger partial charge is 0.207 e. The summed E-state index contributed by atoms with van der Waals surface area (Å²) in [5.41, 5.74) is 9.11. The van der Waals surface area contributed by atoms with Gasteiger partial charge in [0, 0.05) is 6.20 Å². The Labute approximate surface area is 111 Å². The minimum atomic E-state index is 0.379. The first-order valence-electron chi connectivity index (χ1n) is 6.36. The number of imidazole rings is 1. The number of benzene rings is 1. The van der Waals surface area contributed by atoms with E-state index in [4.69, 9.17) is 5.73 Å². The van der Waals surface area contributed by atoms with E-state index in [1.54, 1.807) is 6.20 Å². The molecule has 0 unspecified atom stereocenters. The molecule has 0 aliphatic carbocycles. The van der Waals surface area contributed by atoms with E-state index in [9.17, 15) is 0 Å². The summed E-state index contributed by atoms with van der Waals surface area (Å²) in [4.78, 5) is 8.89. The molecule has 0 fully saturated rings. The number of nitrogens with zero attached hydrogens (tertiary/aromatic N) is 3. The van der Waals surface area contributed by atoms with Crippen LogP contribution in [-0.2, 0) is 0 Å². The molecule has 2 N–H and O–H groups in total. The molecule has 0 atom stereocenters. The van der Waals surface area contributed by atoms with Gasteiger partial charge in [0.1, 0.15) is 5.82 Å². The Bertz CT molecular complexity index is 728. The fourth-order valence-electron chi connectivity index (χ4n) is 2.31. The number of pyridine rings is 1. The average molecular weight is 252 g/mol. The van der Waals surface area contributed by atoms with Gasteiger partial charge in [0.15, 0.2) is 0 Å². The molecule has 1 aromatic carbocycles. The van der Waals surface area contributed by atoms with Crippen molar-refractivity contribution < 1.29 is 0 Å². The van der Waals surface area contributed by atoms with E-state index in [1.165, 1.54) is 0 Å². The quantitative estimate of drug-likeness (QED) is 0.762. The van der Waals surface area contributed by atoms with Crippen molar-refractivity contribution in [2.45, 2.75) is 19.8 Å². The van der Waals surface area contributed by atoms with Crippen LogP contribution in [0.25, 0.3) is 16.9 Å². The van der Waals surface area contributed by atoms with E-state index in [0.29, 0.717) is 11.9 Å². The Kier molecular flexibility index (Phi) is 2.71. The molecule has 2 heterocycles. The summed E-state index contributed by atoms with van der Waals surface area (Å²) in [6, 6.07) is 12.0. The van der Waals surface area contributed by atoms with Gasteiger partial charge in [-0.2, -0.15) is 0 Å². The number of hydrogen-bond donors (Lipinski definition) is 1. The zero-order chi connectivity index (χ0) is 13.4. The molecule has 0 saturated carbocycles. The van der Waals surface area contributed by atoms with E-state index < -0.39 is 0 Å². The van der Waals surface area contributed by atoms with Crippen molar-refractivity contribution in [1.29, 1.82) is 0 Å². The van der Waals surface area contributed by atoms with Crippen LogP contribution in [0, 0.1) is 0 Å². The van der Waals surface area contributed by atoms with E-state index in [2.05, 4.69) is 29.9 Å². The van der Waals surface area contributed by atoms with E-state index in [0.717, 1.165) is 22.4 Å². The number of nitrogens with two attached hydrogens (primary N) is 1. The molecular formula is C15H16N4. The maximum Gasteiger partial charge on any atom is 0.207 e. The molecule has 0 aliphatic rings. The lowest BCUT2D eigenvalue weighted by molar-refractivity contribution is 0.835. The van der Waals surface area contributed by atoms with Crippen LogP contribution in [0.4, 0.5) is 5.95 Å². The first-order chi connectivity index (χ1) is 9.18. The fraction of sp³-hybridized carbons (Fsp3) is 0.200. The SMILES string of the molecule is CC(C)c1cccnc1-n1c(N)nc2ccccc21. The standard InChI is InChI=1S/C15H16N4/c1-10(2)11-6-5-9-17-14(11)19-13-8-4-3-7-12(13)18-15(19)16/h3-10H,1-2H3,(H2,16,18). The largest absolute Gasteiger partial charge is 0.369 e. The minimum Gasteiger partial charge on any atom is -0.369 e. The summed E-state index contributed by atoms with van der Waals surface area (Å²) in [6.07, 6.45) is 1.79. The van der Waals surface area contributed by atoms with Crippen LogP contribution in [0.1, 0.15) is 25.3 Å². The molecule has 3 aromatic rings. The molecule has 4 nitrogen and oxygen atoms in total. The van der Waals surface area contributed by atoms with Crippen molar-refractivity contribution in [2.75, 3.05) is 5.73 Å². The van der Waals surface area contributed by atoms with Gasteiger partial charge in [0.2, 0.25) is 5.95 Å². The summed E-state index contributed by atoms with van der Waals surface area (Å²) >= 11 is 0. The summed E-state index contributed by atoms with van der Waals surface area (Å²) < 4.78 is 1.92. The molecule has 4 heteroatoms. The van der Waals surface area contributed by atoms with Crippen molar-refractivity contribution in [3.63, 3.8) is 0 Å². The molecule has 96 valence electrons. The van der Waals surface area contributed by atoms with Crippen LogP contribution in [0.3, 0.4) is 0 Å². The highest BCUT2D eigenvalue weighted by atomic mass is 15.2. The monoisotopic (exact) mass is 252 g/mol. The number of fused-ring (bicyclic) bond motifs is 1. The Morgan fingerprint density at radius 1 is 1.11 bits per heavy atom. The lowest BCUT2D eigenvalue weighted by atomic mass is 10.0. The predicted molar refractivity (Wildman–Crippen MR) is 77.4 cm³/mol. The van der Waals surface area contributed by atoms with Gasteiger partial charge in [-0.15, -0.1) is 0 Å². The van der Waals surface area contributed by atoms with Gasteiger partial charge in [-0.3, -0.25) is 4.57 Å². The van der Waals surface area contributed by atoms with Crippen molar-refractivity contribution in [2.24, 2.45) is 0 Å². The van der Waals surface area contributed by atoms with Crippen LogP contribution >= 0.6 is 0 Å². The third-order valence-electron chi connectivity index (χ3n) is 3.24. The van der Waals surface area contributed by atoms with Gasteiger partial charge in [-0.1, -0.05) is 32.0 Å². The highest BCUT2D eigenvalue weighted by Gasteiger charge is 2.15. The van der Waals surface area contributed by atoms with Gasteiger partial charge < -0.3 is 5.73 Å². The van der Waals surface area contributed by atoms with Crippen LogP contribution < -0.4 is 5.73 Å². The summed E-state index contributed by atoms with van der Waals surface area (Å²) in [7, 11) is 0. The zero-order valence-electron chi connectivity index (χ0n) is 11.0. The Morgan fingerprint density at radius 2 is 1.89 bits per heavy atom. The fourth-order valence-corrected chi connectivity index (χ4v) is 2.31. The van der Waals surface area contributed by atoms with Crippen LogP contribution in [-0.4, -0.2) is 14.5 Å². The number of hydrogen-bond acceptors (Lipinski definition) is 3. The second-order valence-corrected chi connectivity index (χ2v) is 4.87. The first-order valence-corrected chi connectivity index (χ1v) is 6.36. The van der Waals surface area contributed by atoms with Gasteiger partial charge in [-0.25, -0.2) is 9.97 Å². The van der Waals surface area contributed by atoms with Gasteiger partial charge in [0.05, 0.1) is 11.0 Å². The van der Waals surface area contributed by atoms with Crippen LogP contribution in [0.5, 0.6) is 0 Å². The van der Waals surface area contributed by atoms with Crippen LogP contribution in [0.2, 0.25) is 0 Å². The lowest BCUT2D eigenvalue weighted by Crippen LogP contribution is -2.07. The summed E-state index contributed by atoms with van der Waals surface area (Å²) in [5.74, 6) is 1.72. The molecule has 0 aliphatic heterocycles. The molecule has 0 amide bonds. The normalized spacial score (nSPS) is 11.3. The Balaban J connectivity index is 2.33. The number of rotatable bonds is 2. The number of para-hydroxylation sites is 2. The van der Waals surface area contributed by atoms with Crippen molar-refractivity contribution >= 4 is 17.0 Å². The van der Waals surface area contributed by atoms with Gasteiger partial charge in [0.25, 0.3) is 0 Å². The molecule has 0 radical (unpaired) electrons. The van der Waals surface area contributed by atoms with E-state index >= 15 is 0 Å².